The molecule has 0 aromatic heterocycles. The largest absolute Gasteiger partial charge is 0.480 e. The Balaban J connectivity index is 2.50. The summed E-state index contributed by atoms with van der Waals surface area (Å²) in [6, 6.07) is -1.87. The summed E-state index contributed by atoms with van der Waals surface area (Å²) < 4.78 is 4.65. The Morgan fingerprint density at radius 1 is 1.52 bits per heavy atom. The maximum atomic E-state index is 11.8. The Labute approximate surface area is 121 Å². The van der Waals surface area contributed by atoms with Gasteiger partial charge in [-0.3, -0.25) is 9.59 Å². The second-order valence-corrected chi connectivity index (χ2v) is 4.45. The molecule has 2 amide bonds. The lowest BCUT2D eigenvalue weighted by Crippen LogP contribution is -2.48. The number of aliphatic carboxylic acids is 1. The minimum Gasteiger partial charge on any atom is -0.480 e. The highest BCUT2D eigenvalue weighted by molar-refractivity contribution is 5.92. The van der Waals surface area contributed by atoms with Crippen LogP contribution in [0.25, 0.3) is 0 Å². The number of carbonyl (C=O) groups excluding carboxylic acids is 3. The van der Waals surface area contributed by atoms with Crippen molar-refractivity contribution in [3.8, 4) is 0 Å². The molecule has 1 aliphatic rings. The van der Waals surface area contributed by atoms with E-state index in [1.54, 1.807) is 6.92 Å². The summed E-state index contributed by atoms with van der Waals surface area (Å²) in [5, 5.41) is 13.8. The van der Waals surface area contributed by atoms with Gasteiger partial charge >= 0.3 is 11.9 Å². The number of carboxylic acid groups (broad SMARTS) is 1. The molecule has 1 fully saturated rings. The van der Waals surface area contributed by atoms with E-state index in [0.717, 1.165) is 6.08 Å². The molecule has 0 spiro atoms. The molecule has 0 saturated carbocycles. The average Bonchev–Trinajstić information content (AvgIpc) is 2.84. The fraction of sp³-hybridized carbons (Fsp3) is 0.538. The van der Waals surface area contributed by atoms with Crippen LogP contribution in [-0.2, 0) is 23.9 Å². The number of carbonyl (C=O) groups is 4. The van der Waals surface area contributed by atoms with E-state index in [4.69, 9.17) is 5.11 Å². The van der Waals surface area contributed by atoms with Crippen LogP contribution in [0.5, 0.6) is 0 Å². The molecule has 0 unspecified atom stereocenters. The molecule has 0 aliphatic carbocycles. The van der Waals surface area contributed by atoms with E-state index in [1.807, 2.05) is 0 Å². The maximum Gasteiger partial charge on any atom is 0.330 e. The molecule has 2 atom stereocenters. The third kappa shape index (κ3) is 5.64. The van der Waals surface area contributed by atoms with Crippen molar-refractivity contribution in [3.05, 3.63) is 12.2 Å². The molecule has 0 aromatic rings. The first-order valence-electron chi connectivity index (χ1n) is 6.60. The van der Waals surface area contributed by atoms with Crippen LogP contribution in [0.4, 0.5) is 0 Å². The van der Waals surface area contributed by atoms with Crippen LogP contribution >= 0.6 is 0 Å². The van der Waals surface area contributed by atoms with Crippen LogP contribution in [0.2, 0.25) is 0 Å². The normalized spacial score (nSPS) is 19.1. The van der Waals surface area contributed by atoms with E-state index in [2.05, 4.69) is 15.4 Å². The molecule has 0 bridgehead atoms. The van der Waals surface area contributed by atoms with Crippen LogP contribution in [0.3, 0.4) is 0 Å². The van der Waals surface area contributed by atoms with Gasteiger partial charge in [-0.2, -0.15) is 0 Å². The van der Waals surface area contributed by atoms with Crippen molar-refractivity contribution in [1.29, 1.82) is 0 Å². The third-order valence-corrected chi connectivity index (χ3v) is 2.84. The highest BCUT2D eigenvalue weighted by atomic mass is 16.5. The third-order valence-electron chi connectivity index (χ3n) is 2.84. The lowest BCUT2D eigenvalue weighted by atomic mass is 10.1. The van der Waals surface area contributed by atoms with E-state index in [-0.39, 0.29) is 25.4 Å². The maximum absolute atomic E-state index is 11.8. The van der Waals surface area contributed by atoms with Crippen molar-refractivity contribution >= 4 is 23.8 Å². The SMILES string of the molecule is CCOC(=O)/C=C/C[C@H](NC(=O)[C@@H]1CCC(=O)N1)C(=O)O. The Morgan fingerprint density at radius 2 is 2.24 bits per heavy atom. The monoisotopic (exact) mass is 298 g/mol. The van der Waals surface area contributed by atoms with Gasteiger partial charge in [0.15, 0.2) is 0 Å². The smallest absolute Gasteiger partial charge is 0.330 e. The first-order valence-corrected chi connectivity index (χ1v) is 6.60. The number of esters is 1. The van der Waals surface area contributed by atoms with Crippen LogP contribution in [0, 0.1) is 0 Å². The number of carboxylic acids is 1. The minimum absolute atomic E-state index is 0.0550. The van der Waals surface area contributed by atoms with Crippen molar-refractivity contribution in [3.63, 3.8) is 0 Å². The highest BCUT2D eigenvalue weighted by Crippen LogP contribution is 2.07. The van der Waals surface area contributed by atoms with Gasteiger partial charge < -0.3 is 20.5 Å². The summed E-state index contributed by atoms with van der Waals surface area (Å²) in [6.07, 6.45) is 2.97. The number of amides is 2. The summed E-state index contributed by atoms with van der Waals surface area (Å²) in [4.78, 5) is 45.0. The van der Waals surface area contributed by atoms with Gasteiger partial charge in [0.05, 0.1) is 6.61 Å². The number of rotatable bonds is 7. The second-order valence-electron chi connectivity index (χ2n) is 4.45. The van der Waals surface area contributed by atoms with E-state index in [9.17, 15) is 19.2 Å². The molecule has 116 valence electrons. The molecule has 21 heavy (non-hydrogen) atoms. The Morgan fingerprint density at radius 3 is 2.76 bits per heavy atom. The van der Waals surface area contributed by atoms with Gasteiger partial charge in [-0.25, -0.2) is 9.59 Å². The fourth-order valence-electron chi connectivity index (χ4n) is 1.80. The van der Waals surface area contributed by atoms with Gasteiger partial charge in [-0.1, -0.05) is 6.08 Å². The molecule has 1 aliphatic heterocycles. The number of hydrogen-bond donors (Lipinski definition) is 3. The molecule has 0 radical (unpaired) electrons. The number of ether oxygens (including phenoxy) is 1. The van der Waals surface area contributed by atoms with Crippen molar-refractivity contribution < 1.29 is 29.0 Å². The van der Waals surface area contributed by atoms with E-state index in [1.165, 1.54) is 6.08 Å². The molecular weight excluding hydrogens is 280 g/mol. The molecule has 8 heteroatoms. The molecular formula is C13H18N2O6. The topological polar surface area (TPSA) is 122 Å². The number of hydrogen-bond acceptors (Lipinski definition) is 5. The first-order chi connectivity index (χ1) is 9.93. The first kappa shape index (κ1) is 16.7. The van der Waals surface area contributed by atoms with Gasteiger partial charge in [0.25, 0.3) is 0 Å². The molecule has 1 heterocycles. The molecule has 1 rings (SSSR count). The van der Waals surface area contributed by atoms with Crippen LogP contribution in [0.15, 0.2) is 12.2 Å². The predicted molar refractivity (Wildman–Crippen MR) is 71.1 cm³/mol. The standard InChI is InChI=1S/C13H18N2O6/c1-2-21-11(17)5-3-4-9(13(19)20)15-12(18)8-6-7-10(16)14-8/h3,5,8-9H,2,4,6-7H2,1H3,(H,14,16)(H,15,18)(H,19,20)/b5-3+/t8-,9-/m0/s1. The average molecular weight is 298 g/mol. The second kappa shape index (κ2) is 8.03. The van der Waals surface area contributed by atoms with Crippen LogP contribution < -0.4 is 10.6 Å². The molecule has 3 N–H and O–H groups in total. The summed E-state index contributed by atoms with van der Waals surface area (Å²) in [7, 11) is 0. The van der Waals surface area contributed by atoms with E-state index >= 15 is 0 Å². The zero-order valence-corrected chi connectivity index (χ0v) is 11.6. The van der Waals surface area contributed by atoms with Crippen molar-refractivity contribution in [1.82, 2.24) is 10.6 Å². The van der Waals surface area contributed by atoms with Crippen LogP contribution in [-0.4, -0.2) is 47.6 Å². The van der Waals surface area contributed by atoms with E-state index in [0.29, 0.717) is 6.42 Å². The summed E-state index contributed by atoms with van der Waals surface area (Å²) >= 11 is 0. The van der Waals surface area contributed by atoms with Crippen molar-refractivity contribution in [2.75, 3.05) is 6.61 Å². The fourth-order valence-corrected chi connectivity index (χ4v) is 1.80. The summed E-state index contributed by atoms with van der Waals surface area (Å²) in [5.74, 6) is -2.57. The lowest BCUT2D eigenvalue weighted by Gasteiger charge is -2.16. The quantitative estimate of drug-likeness (QED) is 0.424. The lowest BCUT2D eigenvalue weighted by molar-refractivity contribution is -0.142. The zero-order chi connectivity index (χ0) is 15.8. The molecule has 0 aromatic carbocycles. The minimum atomic E-state index is -1.22. The summed E-state index contributed by atoms with van der Waals surface area (Å²) in [5.41, 5.74) is 0. The number of nitrogens with one attached hydrogen (secondary N) is 2. The summed E-state index contributed by atoms with van der Waals surface area (Å²) in [6.45, 7) is 1.88. The highest BCUT2D eigenvalue weighted by Gasteiger charge is 2.29. The van der Waals surface area contributed by atoms with Gasteiger partial charge in [0.1, 0.15) is 12.1 Å². The Kier molecular flexibility index (Phi) is 6.38. The Bertz CT molecular complexity index is 460. The Hall–Kier alpha value is -2.38. The zero-order valence-electron chi connectivity index (χ0n) is 11.6. The van der Waals surface area contributed by atoms with Gasteiger partial charge in [0.2, 0.25) is 11.8 Å². The van der Waals surface area contributed by atoms with Crippen LogP contribution in [0.1, 0.15) is 26.2 Å². The molecule has 8 nitrogen and oxygen atoms in total. The van der Waals surface area contributed by atoms with Gasteiger partial charge in [-0.15, -0.1) is 0 Å². The van der Waals surface area contributed by atoms with Gasteiger partial charge in [0, 0.05) is 12.5 Å². The van der Waals surface area contributed by atoms with Crippen molar-refractivity contribution in [2.45, 2.75) is 38.3 Å². The predicted octanol–water partition coefficient (Wildman–Crippen LogP) is -0.656. The van der Waals surface area contributed by atoms with Gasteiger partial charge in [-0.05, 0) is 19.8 Å². The van der Waals surface area contributed by atoms with E-state index < -0.39 is 29.9 Å². The molecule has 1 saturated heterocycles. The van der Waals surface area contributed by atoms with Crippen molar-refractivity contribution in [2.24, 2.45) is 0 Å².